The van der Waals surface area contributed by atoms with Crippen molar-refractivity contribution in [3.05, 3.63) is 12.2 Å². The number of hydrogen-bond donors (Lipinski definition) is 1. The Balaban J connectivity index is 1.70. The molecular formula is C25H43NO4. The standard InChI is InChI=1S/C25H43NO4/c1-24(2,19-13-7-5-8-14-19)29-22(27)26(21-17-11-12-18-21)23(28)30-25(3,4)20-15-9-6-10-16-20/h11,17,19-22,27H,5-10,12-16,18H2,1-4H3/t21?,22-/m0/s1. The third-order valence-corrected chi connectivity index (χ3v) is 7.73. The second-order valence-corrected chi connectivity index (χ2v) is 10.7. The Hall–Kier alpha value is -1.07. The van der Waals surface area contributed by atoms with Crippen molar-refractivity contribution < 1.29 is 19.4 Å². The predicted molar refractivity (Wildman–Crippen MR) is 119 cm³/mol. The maximum atomic E-state index is 13.3. The first-order chi connectivity index (χ1) is 14.2. The van der Waals surface area contributed by atoms with E-state index >= 15 is 0 Å². The van der Waals surface area contributed by atoms with Gasteiger partial charge in [0.2, 0.25) is 6.41 Å². The maximum absolute atomic E-state index is 13.3. The van der Waals surface area contributed by atoms with E-state index in [9.17, 15) is 9.90 Å². The smallest absolute Gasteiger partial charge is 0.414 e. The van der Waals surface area contributed by atoms with Crippen molar-refractivity contribution in [3.8, 4) is 0 Å². The normalized spacial score (nSPS) is 25.3. The van der Waals surface area contributed by atoms with Gasteiger partial charge in [0.25, 0.3) is 0 Å². The van der Waals surface area contributed by atoms with Crippen molar-refractivity contribution in [1.29, 1.82) is 0 Å². The lowest BCUT2D eigenvalue weighted by Crippen LogP contribution is -2.53. The Bertz CT molecular complexity index is 588. The summed E-state index contributed by atoms with van der Waals surface area (Å²) in [4.78, 5) is 14.8. The van der Waals surface area contributed by atoms with Crippen LogP contribution in [0.2, 0.25) is 0 Å². The van der Waals surface area contributed by atoms with Gasteiger partial charge >= 0.3 is 6.09 Å². The molecule has 5 heteroatoms. The van der Waals surface area contributed by atoms with Gasteiger partial charge in [0, 0.05) is 0 Å². The minimum Gasteiger partial charge on any atom is -0.443 e. The molecule has 0 aliphatic heterocycles. The van der Waals surface area contributed by atoms with Crippen molar-refractivity contribution in [2.24, 2.45) is 11.8 Å². The molecular weight excluding hydrogens is 378 g/mol. The number of rotatable bonds is 7. The molecule has 3 aliphatic carbocycles. The van der Waals surface area contributed by atoms with E-state index in [4.69, 9.17) is 9.47 Å². The summed E-state index contributed by atoms with van der Waals surface area (Å²) in [5.74, 6) is 0.768. The lowest BCUT2D eigenvalue weighted by molar-refractivity contribution is -0.255. The molecule has 172 valence electrons. The van der Waals surface area contributed by atoms with Crippen LogP contribution in [0, 0.1) is 11.8 Å². The van der Waals surface area contributed by atoms with Gasteiger partial charge in [-0.3, -0.25) is 4.90 Å². The minimum atomic E-state index is -1.30. The molecule has 1 N–H and O–H groups in total. The first kappa shape index (κ1) is 23.6. The highest BCUT2D eigenvalue weighted by atomic mass is 16.7. The van der Waals surface area contributed by atoms with Gasteiger partial charge in [0.1, 0.15) is 5.60 Å². The van der Waals surface area contributed by atoms with Crippen LogP contribution in [0.25, 0.3) is 0 Å². The van der Waals surface area contributed by atoms with Crippen LogP contribution in [0.3, 0.4) is 0 Å². The Kier molecular flexibility index (Phi) is 7.89. The molecule has 1 amide bonds. The van der Waals surface area contributed by atoms with E-state index in [1.54, 1.807) is 0 Å². The fraction of sp³-hybridized carbons (Fsp3) is 0.880. The van der Waals surface area contributed by atoms with Crippen LogP contribution in [0.1, 0.15) is 105 Å². The zero-order chi connectivity index (χ0) is 21.8. The highest BCUT2D eigenvalue weighted by molar-refractivity contribution is 5.69. The Morgan fingerprint density at radius 2 is 1.43 bits per heavy atom. The lowest BCUT2D eigenvalue weighted by atomic mass is 9.79. The van der Waals surface area contributed by atoms with E-state index in [2.05, 4.69) is 6.08 Å². The summed E-state index contributed by atoms with van der Waals surface area (Å²) < 4.78 is 12.2. The predicted octanol–water partition coefficient (Wildman–Crippen LogP) is 6.15. The number of hydrogen-bond acceptors (Lipinski definition) is 4. The largest absolute Gasteiger partial charge is 0.443 e. The molecule has 3 rings (SSSR count). The van der Waals surface area contributed by atoms with Gasteiger partial charge in [-0.15, -0.1) is 0 Å². The second kappa shape index (κ2) is 10.0. The number of allylic oxidation sites excluding steroid dienone is 1. The molecule has 2 atom stereocenters. The van der Waals surface area contributed by atoms with Crippen LogP contribution in [0.5, 0.6) is 0 Å². The van der Waals surface area contributed by atoms with Gasteiger partial charge in [-0.1, -0.05) is 50.7 Å². The molecule has 0 aromatic heterocycles. The van der Waals surface area contributed by atoms with Crippen LogP contribution >= 0.6 is 0 Å². The third-order valence-electron chi connectivity index (χ3n) is 7.73. The van der Waals surface area contributed by atoms with Crippen LogP contribution in [-0.2, 0) is 9.47 Å². The average Bonchev–Trinajstić information content (AvgIpc) is 3.23. The van der Waals surface area contributed by atoms with Crippen molar-refractivity contribution in [2.45, 2.75) is 128 Å². The zero-order valence-corrected chi connectivity index (χ0v) is 19.6. The highest BCUT2D eigenvalue weighted by Gasteiger charge is 2.42. The van der Waals surface area contributed by atoms with Crippen LogP contribution in [-0.4, -0.2) is 39.8 Å². The molecule has 30 heavy (non-hydrogen) atoms. The van der Waals surface area contributed by atoms with Gasteiger partial charge in [0.15, 0.2) is 0 Å². The van der Waals surface area contributed by atoms with Crippen LogP contribution < -0.4 is 0 Å². The van der Waals surface area contributed by atoms with Gasteiger partial charge in [0.05, 0.1) is 11.6 Å². The molecule has 0 heterocycles. The molecule has 0 aromatic carbocycles. The number of carbonyl (C=O) groups excluding carboxylic acids is 1. The van der Waals surface area contributed by atoms with Gasteiger partial charge in [-0.25, -0.2) is 4.79 Å². The summed E-state index contributed by atoms with van der Waals surface area (Å²) in [5.41, 5.74) is -1.03. The first-order valence-electron chi connectivity index (χ1n) is 12.2. The molecule has 0 bridgehead atoms. The van der Waals surface area contributed by atoms with Crippen molar-refractivity contribution in [2.75, 3.05) is 0 Å². The summed E-state index contributed by atoms with van der Waals surface area (Å²) in [6, 6.07) is -0.184. The van der Waals surface area contributed by atoms with Crippen molar-refractivity contribution in [1.82, 2.24) is 4.90 Å². The number of aliphatic hydroxyl groups is 1. The average molecular weight is 422 g/mol. The molecule has 2 fully saturated rings. The van der Waals surface area contributed by atoms with E-state index in [1.807, 2.05) is 33.8 Å². The zero-order valence-electron chi connectivity index (χ0n) is 19.6. The molecule has 0 radical (unpaired) electrons. The summed E-state index contributed by atoms with van der Waals surface area (Å²) in [6.45, 7) is 8.13. The fourth-order valence-corrected chi connectivity index (χ4v) is 5.62. The summed E-state index contributed by atoms with van der Waals surface area (Å²) in [6.07, 6.45) is 15.8. The molecule has 2 saturated carbocycles. The summed E-state index contributed by atoms with van der Waals surface area (Å²) in [7, 11) is 0. The summed E-state index contributed by atoms with van der Waals surface area (Å²) >= 11 is 0. The molecule has 3 aliphatic rings. The highest BCUT2D eigenvalue weighted by Crippen LogP contribution is 2.38. The first-order valence-corrected chi connectivity index (χ1v) is 12.2. The van der Waals surface area contributed by atoms with Crippen molar-refractivity contribution in [3.63, 3.8) is 0 Å². The van der Waals surface area contributed by atoms with Crippen LogP contribution in [0.4, 0.5) is 4.79 Å². The van der Waals surface area contributed by atoms with Gasteiger partial charge < -0.3 is 14.6 Å². The molecule has 0 spiro atoms. The topological polar surface area (TPSA) is 59.0 Å². The van der Waals surface area contributed by atoms with E-state index in [0.717, 1.165) is 38.5 Å². The summed E-state index contributed by atoms with van der Waals surface area (Å²) in [5, 5.41) is 11.1. The van der Waals surface area contributed by atoms with E-state index < -0.39 is 23.7 Å². The Labute approximate surface area is 183 Å². The van der Waals surface area contributed by atoms with Gasteiger partial charge in [-0.2, -0.15) is 0 Å². The SMILES string of the molecule is CC(C)(OC(=O)N(C1C=CCC1)[C@@H](O)OC(C)(C)C1CCCCC1)C1CCCCC1. The van der Waals surface area contributed by atoms with E-state index in [0.29, 0.717) is 11.8 Å². The Morgan fingerprint density at radius 3 is 1.93 bits per heavy atom. The lowest BCUT2D eigenvalue weighted by Gasteiger charge is -2.43. The minimum absolute atomic E-state index is 0.184. The van der Waals surface area contributed by atoms with Crippen molar-refractivity contribution >= 4 is 6.09 Å². The molecule has 1 unspecified atom stereocenters. The Morgan fingerprint density at radius 1 is 0.900 bits per heavy atom. The fourth-order valence-electron chi connectivity index (χ4n) is 5.62. The van der Waals surface area contributed by atoms with E-state index in [-0.39, 0.29) is 6.04 Å². The number of aliphatic hydroxyl groups excluding tert-OH is 1. The maximum Gasteiger partial charge on any atom is 0.414 e. The molecule has 5 nitrogen and oxygen atoms in total. The van der Waals surface area contributed by atoms with Crippen LogP contribution in [0.15, 0.2) is 12.2 Å². The van der Waals surface area contributed by atoms with Gasteiger partial charge in [-0.05, 0) is 78.1 Å². The quantitative estimate of drug-likeness (QED) is 0.395. The number of carbonyl (C=O) groups is 1. The second-order valence-electron chi connectivity index (χ2n) is 10.7. The molecule has 0 saturated heterocycles. The number of nitrogens with zero attached hydrogens (tertiary/aromatic N) is 1. The monoisotopic (exact) mass is 421 g/mol. The number of amides is 1. The van der Waals surface area contributed by atoms with E-state index in [1.165, 1.54) is 43.4 Å². The molecule has 0 aromatic rings. The third kappa shape index (κ3) is 5.79. The number of ether oxygens (including phenoxy) is 2.